The van der Waals surface area contributed by atoms with Crippen molar-refractivity contribution in [2.75, 3.05) is 19.1 Å². The first-order valence-corrected chi connectivity index (χ1v) is 11.2. The molecule has 0 radical (unpaired) electrons. The van der Waals surface area contributed by atoms with Crippen molar-refractivity contribution in [2.45, 2.75) is 6.61 Å². The van der Waals surface area contributed by atoms with Gasteiger partial charge in [-0.25, -0.2) is 0 Å². The Bertz CT molecular complexity index is 1290. The number of anilines is 1. The summed E-state index contributed by atoms with van der Waals surface area (Å²) < 4.78 is 16.7. The maximum atomic E-state index is 13.3. The number of carbonyl (C=O) groups is 2. The number of aromatic nitrogens is 1. The smallest absolute Gasteiger partial charge is 0.270 e. The molecule has 1 aliphatic heterocycles. The molecule has 1 fully saturated rings. The van der Waals surface area contributed by atoms with E-state index in [1.165, 1.54) is 25.2 Å². The summed E-state index contributed by atoms with van der Waals surface area (Å²) in [6, 6.07) is 17.7. The lowest BCUT2D eigenvalue weighted by atomic mass is 10.1. The molecule has 4 rings (SSSR count). The van der Waals surface area contributed by atoms with Crippen molar-refractivity contribution in [1.29, 1.82) is 0 Å². The molecule has 1 N–H and O–H groups in total. The van der Waals surface area contributed by atoms with Crippen LogP contribution in [0.15, 0.2) is 66.2 Å². The predicted molar refractivity (Wildman–Crippen MR) is 136 cm³/mol. The number of pyridine rings is 1. The lowest BCUT2D eigenvalue weighted by Crippen LogP contribution is -2.54. The third-order valence-corrected chi connectivity index (χ3v) is 5.62. The summed E-state index contributed by atoms with van der Waals surface area (Å²) in [7, 11) is 2.87. The van der Waals surface area contributed by atoms with E-state index in [4.69, 9.17) is 38.0 Å². The molecule has 0 saturated carbocycles. The van der Waals surface area contributed by atoms with Crippen LogP contribution in [-0.4, -0.2) is 36.1 Å². The molecular weight excluding hydrogens is 490 g/mol. The average molecular weight is 510 g/mol. The molecule has 8 nitrogen and oxygen atoms in total. The van der Waals surface area contributed by atoms with E-state index in [0.29, 0.717) is 22.0 Å². The van der Waals surface area contributed by atoms with Crippen molar-refractivity contribution in [2.24, 2.45) is 0 Å². The predicted octanol–water partition coefficient (Wildman–Crippen LogP) is 4.16. The van der Waals surface area contributed by atoms with Gasteiger partial charge in [-0.1, -0.05) is 41.9 Å². The Kier molecular flexibility index (Phi) is 7.28. The summed E-state index contributed by atoms with van der Waals surface area (Å²) in [5.41, 5.74) is 1.53. The number of methoxy groups -OCH3 is 2. The molecule has 1 aromatic heterocycles. The Balaban J connectivity index is 1.69. The molecule has 0 spiro atoms. The highest BCUT2D eigenvalue weighted by atomic mass is 35.5. The standard InChI is InChI=1S/C25H20ClN3O5S/c1-32-20-13-21(34-14-15-6-4-3-5-7-15)27-23(33-2)18(20)12-19-22(30)28-25(35)29(24(19)31)17-10-8-16(26)9-11-17/h3-13H,14H2,1-2H3,(H,28,30,35)/b19-12-. The van der Waals surface area contributed by atoms with Crippen LogP contribution in [0.3, 0.4) is 0 Å². The molecule has 1 saturated heterocycles. The van der Waals surface area contributed by atoms with Crippen LogP contribution in [-0.2, 0) is 16.2 Å². The summed E-state index contributed by atoms with van der Waals surface area (Å²) in [4.78, 5) is 31.6. The molecule has 2 heterocycles. The van der Waals surface area contributed by atoms with Crippen LogP contribution in [0.5, 0.6) is 17.5 Å². The first kappa shape index (κ1) is 24.2. The van der Waals surface area contributed by atoms with Crippen LogP contribution in [0.4, 0.5) is 5.69 Å². The molecule has 178 valence electrons. The van der Waals surface area contributed by atoms with E-state index in [1.807, 2.05) is 30.3 Å². The monoisotopic (exact) mass is 509 g/mol. The third-order valence-electron chi connectivity index (χ3n) is 5.08. The Morgan fingerprint density at radius 1 is 1.06 bits per heavy atom. The van der Waals surface area contributed by atoms with Crippen LogP contribution < -0.4 is 24.4 Å². The maximum Gasteiger partial charge on any atom is 0.270 e. The number of benzene rings is 2. The normalized spacial score (nSPS) is 14.7. The van der Waals surface area contributed by atoms with Gasteiger partial charge in [0.05, 0.1) is 25.5 Å². The van der Waals surface area contributed by atoms with Crippen LogP contribution in [0, 0.1) is 0 Å². The van der Waals surface area contributed by atoms with E-state index in [9.17, 15) is 9.59 Å². The van der Waals surface area contributed by atoms with Gasteiger partial charge < -0.3 is 14.2 Å². The molecule has 2 aromatic carbocycles. The lowest BCUT2D eigenvalue weighted by Gasteiger charge is -2.29. The fourth-order valence-electron chi connectivity index (χ4n) is 3.38. The highest BCUT2D eigenvalue weighted by Gasteiger charge is 2.35. The molecule has 0 unspecified atom stereocenters. The van der Waals surface area contributed by atoms with Crippen LogP contribution in [0.25, 0.3) is 6.08 Å². The quantitative estimate of drug-likeness (QED) is 0.290. The largest absolute Gasteiger partial charge is 0.496 e. The van der Waals surface area contributed by atoms with Gasteiger partial charge in [-0.05, 0) is 48.1 Å². The number of ether oxygens (including phenoxy) is 3. The number of hydrogen-bond acceptors (Lipinski definition) is 7. The summed E-state index contributed by atoms with van der Waals surface area (Å²) in [6.45, 7) is 0.287. The van der Waals surface area contributed by atoms with Crippen molar-refractivity contribution in [1.82, 2.24) is 10.3 Å². The zero-order valence-corrected chi connectivity index (χ0v) is 20.4. The van der Waals surface area contributed by atoms with Crippen LogP contribution >= 0.6 is 23.8 Å². The zero-order chi connectivity index (χ0) is 24.9. The summed E-state index contributed by atoms with van der Waals surface area (Å²) in [6.07, 6.45) is 1.36. The van der Waals surface area contributed by atoms with Gasteiger partial charge in [0.1, 0.15) is 17.9 Å². The minimum Gasteiger partial charge on any atom is -0.496 e. The maximum absolute atomic E-state index is 13.3. The highest BCUT2D eigenvalue weighted by Crippen LogP contribution is 2.34. The van der Waals surface area contributed by atoms with E-state index < -0.39 is 11.8 Å². The molecule has 1 aliphatic rings. The number of thiocarbonyl (C=S) groups is 1. The second-order valence-corrected chi connectivity index (χ2v) is 8.12. The Labute approximate surface area is 212 Å². The van der Waals surface area contributed by atoms with E-state index in [-0.39, 0.29) is 29.1 Å². The Morgan fingerprint density at radius 3 is 2.43 bits per heavy atom. The number of nitrogens with one attached hydrogen (secondary N) is 1. The van der Waals surface area contributed by atoms with Crippen molar-refractivity contribution >= 4 is 52.5 Å². The number of hydrogen-bond donors (Lipinski definition) is 1. The molecule has 0 aliphatic carbocycles. The van der Waals surface area contributed by atoms with Gasteiger partial charge in [0, 0.05) is 11.1 Å². The van der Waals surface area contributed by atoms with Gasteiger partial charge in [0.15, 0.2) is 5.11 Å². The first-order valence-electron chi connectivity index (χ1n) is 10.4. The Morgan fingerprint density at radius 2 is 1.77 bits per heavy atom. The van der Waals surface area contributed by atoms with Crippen molar-refractivity contribution < 1.29 is 23.8 Å². The van der Waals surface area contributed by atoms with Gasteiger partial charge >= 0.3 is 0 Å². The lowest BCUT2D eigenvalue weighted by molar-refractivity contribution is -0.122. The van der Waals surface area contributed by atoms with Gasteiger partial charge in [-0.2, -0.15) is 4.98 Å². The first-order chi connectivity index (χ1) is 16.9. The van der Waals surface area contributed by atoms with E-state index in [0.717, 1.165) is 5.56 Å². The fraction of sp³-hybridized carbons (Fsp3) is 0.120. The van der Waals surface area contributed by atoms with E-state index in [1.54, 1.807) is 30.3 Å². The van der Waals surface area contributed by atoms with Gasteiger partial charge in [0.25, 0.3) is 11.8 Å². The highest BCUT2D eigenvalue weighted by molar-refractivity contribution is 7.80. The van der Waals surface area contributed by atoms with Crippen molar-refractivity contribution in [3.63, 3.8) is 0 Å². The fourth-order valence-corrected chi connectivity index (χ4v) is 3.78. The average Bonchev–Trinajstić information content (AvgIpc) is 2.86. The SMILES string of the molecule is COc1cc(OCc2ccccc2)nc(OC)c1/C=C1/C(=O)NC(=S)N(c2ccc(Cl)cc2)C1=O. The molecule has 35 heavy (non-hydrogen) atoms. The topological polar surface area (TPSA) is 90.0 Å². The molecule has 0 bridgehead atoms. The zero-order valence-electron chi connectivity index (χ0n) is 18.8. The molecule has 3 aromatic rings. The number of nitrogens with zero attached hydrogens (tertiary/aromatic N) is 2. The number of carbonyl (C=O) groups excluding carboxylic acids is 2. The number of amides is 2. The van der Waals surface area contributed by atoms with Gasteiger partial charge in [-0.15, -0.1) is 0 Å². The number of halogens is 1. The Hall–Kier alpha value is -3.95. The van der Waals surface area contributed by atoms with E-state index in [2.05, 4.69) is 10.3 Å². The van der Waals surface area contributed by atoms with Gasteiger partial charge in [-0.3, -0.25) is 19.8 Å². The van der Waals surface area contributed by atoms with E-state index >= 15 is 0 Å². The summed E-state index contributed by atoms with van der Waals surface area (Å²) in [5, 5.41) is 3.00. The molecule has 2 amide bonds. The second kappa shape index (κ2) is 10.5. The minimum atomic E-state index is -0.654. The molecular formula is C25H20ClN3O5S. The van der Waals surface area contributed by atoms with Crippen LogP contribution in [0.2, 0.25) is 5.02 Å². The molecule has 0 atom stereocenters. The second-order valence-electron chi connectivity index (χ2n) is 7.29. The van der Waals surface area contributed by atoms with Gasteiger partial charge in [0.2, 0.25) is 11.8 Å². The third kappa shape index (κ3) is 5.26. The minimum absolute atomic E-state index is 0.0406. The molecule has 10 heteroatoms. The summed E-state index contributed by atoms with van der Waals surface area (Å²) in [5.74, 6) is -0.590. The van der Waals surface area contributed by atoms with Crippen molar-refractivity contribution in [3.8, 4) is 17.5 Å². The van der Waals surface area contributed by atoms with Crippen LogP contribution in [0.1, 0.15) is 11.1 Å². The summed E-state index contributed by atoms with van der Waals surface area (Å²) >= 11 is 11.2. The van der Waals surface area contributed by atoms with Crippen molar-refractivity contribution in [3.05, 3.63) is 82.4 Å². The number of rotatable bonds is 7.